The highest BCUT2D eigenvalue weighted by molar-refractivity contribution is 6.00. The Balaban J connectivity index is 2.12. The first-order valence-electron chi connectivity index (χ1n) is 8.72. The van der Waals surface area contributed by atoms with Crippen molar-refractivity contribution in [1.29, 1.82) is 10.5 Å². The highest BCUT2D eigenvalue weighted by Crippen LogP contribution is 2.81. The van der Waals surface area contributed by atoms with Gasteiger partial charge in [-0.25, -0.2) is 4.99 Å². The molecule has 0 amide bonds. The monoisotopic (exact) mass is 354 g/mol. The zero-order chi connectivity index (χ0) is 19.0. The predicted octanol–water partition coefficient (Wildman–Crippen LogP) is 2.30. The standard InChI is InChI=1S/C19H22N4O3/c1-4-24-14-9-7-13(8-10-14)15-17(11-20)16(22)23-19(25-5-2,26-6-3)18(15,17)12-21/h7-10,15H,4-6H2,1-3H3,(H2,22,23). The van der Waals surface area contributed by atoms with E-state index in [0.717, 1.165) is 11.3 Å². The van der Waals surface area contributed by atoms with E-state index in [1.54, 1.807) is 13.8 Å². The van der Waals surface area contributed by atoms with Gasteiger partial charge in [0, 0.05) is 19.1 Å². The Morgan fingerprint density at radius 3 is 2.12 bits per heavy atom. The Kier molecular flexibility index (Phi) is 4.39. The maximum absolute atomic E-state index is 10.1. The maximum atomic E-state index is 10.1. The van der Waals surface area contributed by atoms with Crippen molar-refractivity contribution in [2.24, 2.45) is 21.6 Å². The van der Waals surface area contributed by atoms with Gasteiger partial charge in [0.25, 0.3) is 5.91 Å². The van der Waals surface area contributed by atoms with Crippen LogP contribution < -0.4 is 10.5 Å². The minimum absolute atomic E-state index is 0.0855. The van der Waals surface area contributed by atoms with Crippen LogP contribution in [0.5, 0.6) is 5.75 Å². The molecule has 136 valence electrons. The summed E-state index contributed by atoms with van der Waals surface area (Å²) in [6.45, 7) is 6.60. The van der Waals surface area contributed by atoms with Gasteiger partial charge in [0.05, 0.1) is 18.7 Å². The van der Waals surface area contributed by atoms with Crippen molar-refractivity contribution in [3.05, 3.63) is 29.8 Å². The summed E-state index contributed by atoms with van der Waals surface area (Å²) in [5, 5.41) is 20.1. The van der Waals surface area contributed by atoms with E-state index in [1.807, 2.05) is 31.2 Å². The molecule has 2 N–H and O–H groups in total. The van der Waals surface area contributed by atoms with E-state index in [4.69, 9.17) is 19.9 Å². The third-order valence-electron chi connectivity index (χ3n) is 5.13. The number of hydrogen-bond acceptors (Lipinski definition) is 7. The summed E-state index contributed by atoms with van der Waals surface area (Å²) >= 11 is 0. The maximum Gasteiger partial charge on any atom is 0.293 e. The molecule has 0 radical (unpaired) electrons. The van der Waals surface area contributed by atoms with Gasteiger partial charge in [-0.2, -0.15) is 10.5 Å². The summed E-state index contributed by atoms with van der Waals surface area (Å²) in [5.74, 6) is -1.26. The molecule has 0 bridgehead atoms. The molecular weight excluding hydrogens is 332 g/mol. The molecule has 1 aliphatic heterocycles. The number of ether oxygens (including phenoxy) is 3. The second-order valence-electron chi connectivity index (χ2n) is 6.22. The van der Waals surface area contributed by atoms with Gasteiger partial charge < -0.3 is 19.9 Å². The number of fused-ring (bicyclic) bond motifs is 1. The first-order valence-corrected chi connectivity index (χ1v) is 8.72. The van der Waals surface area contributed by atoms with Crippen LogP contribution >= 0.6 is 0 Å². The lowest BCUT2D eigenvalue weighted by Crippen LogP contribution is -2.43. The quantitative estimate of drug-likeness (QED) is 0.752. The van der Waals surface area contributed by atoms with Crippen LogP contribution in [-0.2, 0) is 9.47 Å². The second kappa shape index (κ2) is 6.28. The van der Waals surface area contributed by atoms with E-state index < -0.39 is 22.7 Å². The number of nitriles is 2. The third kappa shape index (κ3) is 1.96. The molecule has 3 unspecified atom stereocenters. The average Bonchev–Trinajstić information content (AvgIpc) is 3.22. The number of amidine groups is 1. The van der Waals surface area contributed by atoms with Crippen LogP contribution in [0.15, 0.2) is 29.3 Å². The molecule has 1 aliphatic carbocycles. The van der Waals surface area contributed by atoms with E-state index in [2.05, 4.69) is 17.1 Å². The fourth-order valence-corrected chi connectivity index (χ4v) is 4.17. The molecular formula is C19H22N4O3. The van der Waals surface area contributed by atoms with Crippen LogP contribution in [0.1, 0.15) is 32.3 Å². The summed E-state index contributed by atoms with van der Waals surface area (Å²) in [5.41, 5.74) is 4.38. The lowest BCUT2D eigenvalue weighted by molar-refractivity contribution is -0.255. The molecule has 1 aromatic carbocycles. The Morgan fingerprint density at radius 2 is 1.65 bits per heavy atom. The van der Waals surface area contributed by atoms with Crippen molar-refractivity contribution in [2.75, 3.05) is 19.8 Å². The van der Waals surface area contributed by atoms with Gasteiger partial charge in [-0.15, -0.1) is 0 Å². The number of nitrogens with two attached hydrogens (primary N) is 1. The fraction of sp³-hybridized carbons (Fsp3) is 0.526. The zero-order valence-electron chi connectivity index (χ0n) is 15.2. The van der Waals surface area contributed by atoms with Crippen molar-refractivity contribution in [1.82, 2.24) is 0 Å². The molecule has 1 saturated carbocycles. The van der Waals surface area contributed by atoms with E-state index in [-0.39, 0.29) is 19.0 Å². The largest absolute Gasteiger partial charge is 0.494 e. The van der Waals surface area contributed by atoms with Crippen molar-refractivity contribution in [3.63, 3.8) is 0 Å². The summed E-state index contributed by atoms with van der Waals surface area (Å²) < 4.78 is 17.1. The van der Waals surface area contributed by atoms with Crippen molar-refractivity contribution < 1.29 is 14.2 Å². The average molecular weight is 354 g/mol. The van der Waals surface area contributed by atoms with E-state index >= 15 is 0 Å². The number of rotatable bonds is 7. The molecule has 3 atom stereocenters. The van der Waals surface area contributed by atoms with Crippen LogP contribution in [0, 0.1) is 33.5 Å². The van der Waals surface area contributed by atoms with Gasteiger partial charge in [0.1, 0.15) is 17.0 Å². The molecule has 0 aromatic heterocycles. The van der Waals surface area contributed by atoms with Gasteiger partial charge >= 0.3 is 0 Å². The summed E-state index contributed by atoms with van der Waals surface area (Å²) in [4.78, 5) is 4.32. The third-order valence-corrected chi connectivity index (χ3v) is 5.13. The molecule has 7 nitrogen and oxygen atoms in total. The van der Waals surface area contributed by atoms with Gasteiger partial charge in [0.2, 0.25) is 0 Å². The minimum atomic E-state index is -1.58. The molecule has 7 heteroatoms. The van der Waals surface area contributed by atoms with Crippen LogP contribution in [0.4, 0.5) is 0 Å². The van der Waals surface area contributed by atoms with Gasteiger partial charge in [-0.3, -0.25) is 0 Å². The van der Waals surface area contributed by atoms with E-state index in [0.29, 0.717) is 6.61 Å². The van der Waals surface area contributed by atoms with Crippen LogP contribution in [0.25, 0.3) is 0 Å². The lowest BCUT2D eigenvalue weighted by atomic mass is 9.93. The Morgan fingerprint density at radius 1 is 1.04 bits per heavy atom. The van der Waals surface area contributed by atoms with Gasteiger partial charge in [-0.1, -0.05) is 12.1 Å². The second-order valence-corrected chi connectivity index (χ2v) is 6.22. The first-order chi connectivity index (χ1) is 12.5. The predicted molar refractivity (Wildman–Crippen MR) is 94.0 cm³/mol. The molecule has 2 aliphatic rings. The Labute approximate surface area is 153 Å². The molecule has 0 spiro atoms. The summed E-state index contributed by atoms with van der Waals surface area (Å²) in [6, 6.07) is 11.9. The Hall–Kier alpha value is -2.61. The van der Waals surface area contributed by atoms with Crippen molar-refractivity contribution >= 4 is 5.84 Å². The molecule has 1 aromatic rings. The molecule has 1 heterocycles. The normalized spacial score (nSPS) is 30.7. The highest BCUT2D eigenvalue weighted by Gasteiger charge is 2.93. The van der Waals surface area contributed by atoms with Crippen molar-refractivity contribution in [2.45, 2.75) is 32.6 Å². The number of benzene rings is 1. The number of nitrogens with zero attached hydrogens (tertiary/aromatic N) is 3. The highest BCUT2D eigenvalue weighted by atomic mass is 16.7. The topological polar surface area (TPSA) is 114 Å². The zero-order valence-corrected chi connectivity index (χ0v) is 15.2. The Bertz CT molecular complexity index is 802. The van der Waals surface area contributed by atoms with Crippen LogP contribution in [0.2, 0.25) is 0 Å². The van der Waals surface area contributed by atoms with E-state index in [9.17, 15) is 10.5 Å². The number of hydrogen-bond donors (Lipinski definition) is 1. The van der Waals surface area contributed by atoms with Crippen LogP contribution in [0.3, 0.4) is 0 Å². The SMILES string of the molecule is CCOc1ccc(C2C3(C#N)C(N)=NC(OCC)(OCC)C23C#N)cc1. The molecule has 0 saturated heterocycles. The van der Waals surface area contributed by atoms with Crippen molar-refractivity contribution in [3.8, 4) is 17.9 Å². The van der Waals surface area contributed by atoms with Gasteiger partial charge in [0.15, 0.2) is 5.41 Å². The summed E-state index contributed by atoms with van der Waals surface area (Å²) in [7, 11) is 0. The van der Waals surface area contributed by atoms with Crippen LogP contribution in [-0.4, -0.2) is 31.6 Å². The first kappa shape index (κ1) is 18.2. The minimum Gasteiger partial charge on any atom is -0.494 e. The van der Waals surface area contributed by atoms with Gasteiger partial charge in [-0.05, 0) is 38.5 Å². The number of aliphatic imine (C=N–C) groups is 1. The fourth-order valence-electron chi connectivity index (χ4n) is 4.17. The van der Waals surface area contributed by atoms with E-state index in [1.165, 1.54) is 0 Å². The molecule has 3 rings (SSSR count). The summed E-state index contributed by atoms with van der Waals surface area (Å²) in [6.07, 6.45) is 0. The molecule has 1 fully saturated rings. The molecule has 26 heavy (non-hydrogen) atoms. The smallest absolute Gasteiger partial charge is 0.293 e. The lowest BCUT2D eigenvalue weighted by Gasteiger charge is -2.31.